The lowest BCUT2D eigenvalue weighted by atomic mass is 9.90. The number of piperidine rings is 1. The standard InChI is InChI=1S/C21H23BrClNO4/c1-27-18-5-3-14(22)11-16(18)20(17-12-15(23)4-6-19(17)28-2)24-9-7-13(8-10-24)21(25)26/h3-6,11-13,20H,7-10H2,1-2H3,(H,25,26). The van der Waals surface area contributed by atoms with E-state index in [1.54, 1.807) is 20.3 Å². The maximum Gasteiger partial charge on any atom is 0.306 e. The minimum Gasteiger partial charge on any atom is -0.496 e. The van der Waals surface area contributed by atoms with Gasteiger partial charge in [0.15, 0.2) is 0 Å². The van der Waals surface area contributed by atoms with Gasteiger partial charge < -0.3 is 14.6 Å². The zero-order chi connectivity index (χ0) is 20.3. The third kappa shape index (κ3) is 4.45. The van der Waals surface area contributed by atoms with Crippen LogP contribution in [-0.2, 0) is 4.79 Å². The number of ether oxygens (including phenoxy) is 2. The predicted octanol–water partition coefficient (Wildman–Crippen LogP) is 5.01. The van der Waals surface area contributed by atoms with Crippen LogP contribution in [0.4, 0.5) is 0 Å². The van der Waals surface area contributed by atoms with E-state index >= 15 is 0 Å². The summed E-state index contributed by atoms with van der Waals surface area (Å²) in [5.41, 5.74) is 1.91. The highest BCUT2D eigenvalue weighted by atomic mass is 79.9. The Labute approximate surface area is 178 Å². The maximum atomic E-state index is 11.4. The largest absolute Gasteiger partial charge is 0.496 e. The molecule has 1 unspecified atom stereocenters. The topological polar surface area (TPSA) is 59.0 Å². The normalized spacial score (nSPS) is 16.6. The van der Waals surface area contributed by atoms with Crippen LogP contribution in [0, 0.1) is 5.92 Å². The second-order valence-electron chi connectivity index (χ2n) is 6.82. The fourth-order valence-electron chi connectivity index (χ4n) is 3.80. The number of nitrogens with zero attached hydrogens (tertiary/aromatic N) is 1. The molecule has 5 nitrogen and oxygen atoms in total. The highest BCUT2D eigenvalue weighted by Crippen LogP contribution is 2.42. The number of rotatable bonds is 6. The number of benzene rings is 2. The Morgan fingerprint density at radius 1 is 1.11 bits per heavy atom. The third-order valence-corrected chi connectivity index (χ3v) is 5.94. The molecule has 1 atom stereocenters. The lowest BCUT2D eigenvalue weighted by molar-refractivity contribution is -0.143. The second-order valence-corrected chi connectivity index (χ2v) is 8.18. The smallest absolute Gasteiger partial charge is 0.306 e. The second kappa shape index (κ2) is 9.16. The van der Waals surface area contributed by atoms with Crippen LogP contribution in [0.2, 0.25) is 5.02 Å². The molecule has 7 heteroatoms. The highest BCUT2D eigenvalue weighted by molar-refractivity contribution is 9.10. The predicted molar refractivity (Wildman–Crippen MR) is 112 cm³/mol. The van der Waals surface area contributed by atoms with Gasteiger partial charge in [-0.1, -0.05) is 27.5 Å². The summed E-state index contributed by atoms with van der Waals surface area (Å²) in [4.78, 5) is 13.7. The van der Waals surface area contributed by atoms with Gasteiger partial charge in [0.2, 0.25) is 0 Å². The van der Waals surface area contributed by atoms with Gasteiger partial charge in [0, 0.05) is 20.6 Å². The molecule has 0 aromatic heterocycles. The lowest BCUT2D eigenvalue weighted by Gasteiger charge is -2.38. The summed E-state index contributed by atoms with van der Waals surface area (Å²) in [7, 11) is 3.29. The van der Waals surface area contributed by atoms with Gasteiger partial charge in [-0.15, -0.1) is 0 Å². The molecule has 1 fully saturated rings. The molecular formula is C21H23BrClNO4. The Morgan fingerprint density at radius 2 is 1.68 bits per heavy atom. The number of carboxylic acid groups (broad SMARTS) is 1. The first-order chi connectivity index (χ1) is 13.4. The van der Waals surface area contributed by atoms with Crippen LogP contribution < -0.4 is 9.47 Å². The van der Waals surface area contributed by atoms with Crippen LogP contribution >= 0.6 is 27.5 Å². The van der Waals surface area contributed by atoms with E-state index in [0.29, 0.717) is 31.0 Å². The molecule has 1 saturated heterocycles. The van der Waals surface area contributed by atoms with Crippen molar-refractivity contribution in [2.24, 2.45) is 5.92 Å². The summed E-state index contributed by atoms with van der Waals surface area (Å²) in [6, 6.07) is 11.3. The molecule has 0 radical (unpaired) electrons. The van der Waals surface area contributed by atoms with Crippen LogP contribution in [0.1, 0.15) is 30.0 Å². The molecule has 0 aliphatic carbocycles. The average Bonchev–Trinajstić information content (AvgIpc) is 2.69. The highest BCUT2D eigenvalue weighted by Gasteiger charge is 2.33. The first-order valence-corrected chi connectivity index (χ1v) is 10.3. The first kappa shape index (κ1) is 21.0. The molecule has 1 heterocycles. The summed E-state index contributed by atoms with van der Waals surface area (Å²) in [5, 5.41) is 9.97. The Morgan fingerprint density at radius 3 is 2.25 bits per heavy atom. The van der Waals surface area contributed by atoms with Crippen molar-refractivity contribution in [3.63, 3.8) is 0 Å². The fourth-order valence-corrected chi connectivity index (χ4v) is 4.36. The lowest BCUT2D eigenvalue weighted by Crippen LogP contribution is -2.39. The van der Waals surface area contributed by atoms with E-state index in [2.05, 4.69) is 20.8 Å². The third-order valence-electron chi connectivity index (χ3n) is 5.22. The summed E-state index contributed by atoms with van der Waals surface area (Å²) < 4.78 is 12.2. The van der Waals surface area contributed by atoms with E-state index in [-0.39, 0.29) is 12.0 Å². The summed E-state index contributed by atoms with van der Waals surface area (Å²) >= 11 is 9.88. The number of methoxy groups -OCH3 is 2. The molecule has 28 heavy (non-hydrogen) atoms. The first-order valence-electron chi connectivity index (χ1n) is 9.08. The van der Waals surface area contributed by atoms with Crippen LogP contribution in [0.15, 0.2) is 40.9 Å². The molecule has 1 N–H and O–H groups in total. The van der Waals surface area contributed by atoms with Crippen molar-refractivity contribution in [1.82, 2.24) is 4.90 Å². The number of hydrogen-bond donors (Lipinski definition) is 1. The molecule has 150 valence electrons. The molecule has 2 aromatic rings. The van der Waals surface area contributed by atoms with Crippen LogP contribution in [0.25, 0.3) is 0 Å². The molecule has 3 rings (SSSR count). The van der Waals surface area contributed by atoms with E-state index in [1.165, 1.54) is 0 Å². The van der Waals surface area contributed by atoms with Crippen molar-refractivity contribution in [2.75, 3.05) is 27.3 Å². The molecule has 1 aliphatic rings. The van der Waals surface area contributed by atoms with Gasteiger partial charge in [-0.05, 0) is 62.3 Å². The maximum absolute atomic E-state index is 11.4. The number of likely N-dealkylation sites (tertiary alicyclic amines) is 1. The number of aliphatic carboxylic acids is 1. The van der Waals surface area contributed by atoms with Gasteiger partial charge >= 0.3 is 5.97 Å². The van der Waals surface area contributed by atoms with Crippen LogP contribution in [0.5, 0.6) is 11.5 Å². The number of carboxylic acids is 1. The summed E-state index contributed by atoms with van der Waals surface area (Å²) in [6.45, 7) is 1.32. The molecule has 0 bridgehead atoms. The molecule has 0 saturated carbocycles. The van der Waals surface area contributed by atoms with Gasteiger partial charge in [-0.25, -0.2) is 0 Å². The molecular weight excluding hydrogens is 446 g/mol. The summed E-state index contributed by atoms with van der Waals surface area (Å²) in [5.74, 6) is 0.464. The Bertz CT molecular complexity index is 799. The SMILES string of the molecule is COc1ccc(Cl)cc1C(c1cc(Br)ccc1OC)N1CCC(C(=O)O)CC1. The number of hydrogen-bond acceptors (Lipinski definition) is 4. The van der Waals surface area contributed by atoms with Crippen molar-refractivity contribution < 1.29 is 19.4 Å². The zero-order valence-electron chi connectivity index (χ0n) is 15.8. The van der Waals surface area contributed by atoms with Crippen molar-refractivity contribution in [2.45, 2.75) is 18.9 Å². The molecule has 2 aromatic carbocycles. The van der Waals surface area contributed by atoms with Gasteiger partial charge in [-0.2, -0.15) is 0 Å². The molecule has 0 amide bonds. The van der Waals surface area contributed by atoms with Crippen LogP contribution in [-0.4, -0.2) is 43.3 Å². The molecule has 1 aliphatic heterocycles. The minimum atomic E-state index is -0.725. The molecule has 0 spiro atoms. The zero-order valence-corrected chi connectivity index (χ0v) is 18.2. The fraction of sp³-hybridized carbons (Fsp3) is 0.381. The Kier molecular flexibility index (Phi) is 6.86. The van der Waals surface area contributed by atoms with Crippen molar-refractivity contribution >= 4 is 33.5 Å². The van der Waals surface area contributed by atoms with Crippen molar-refractivity contribution in [3.8, 4) is 11.5 Å². The van der Waals surface area contributed by atoms with E-state index in [4.69, 9.17) is 21.1 Å². The van der Waals surface area contributed by atoms with Gasteiger partial charge in [0.05, 0.1) is 26.2 Å². The van der Waals surface area contributed by atoms with Gasteiger partial charge in [-0.3, -0.25) is 9.69 Å². The van der Waals surface area contributed by atoms with Crippen LogP contribution in [0.3, 0.4) is 0 Å². The van der Waals surface area contributed by atoms with Crippen molar-refractivity contribution in [3.05, 3.63) is 57.0 Å². The monoisotopic (exact) mass is 467 g/mol. The Balaban J connectivity index is 2.09. The quantitative estimate of drug-likeness (QED) is 0.646. The average molecular weight is 469 g/mol. The van der Waals surface area contributed by atoms with Crippen molar-refractivity contribution in [1.29, 1.82) is 0 Å². The number of halogens is 2. The summed E-state index contributed by atoms with van der Waals surface area (Å²) in [6.07, 6.45) is 1.20. The van der Waals surface area contributed by atoms with Gasteiger partial charge in [0.25, 0.3) is 0 Å². The van der Waals surface area contributed by atoms with E-state index < -0.39 is 5.97 Å². The van der Waals surface area contributed by atoms with E-state index in [9.17, 15) is 9.90 Å². The number of carbonyl (C=O) groups is 1. The van der Waals surface area contributed by atoms with E-state index in [0.717, 1.165) is 27.1 Å². The van der Waals surface area contributed by atoms with Gasteiger partial charge in [0.1, 0.15) is 11.5 Å². The Hall–Kier alpha value is -1.76. The minimum absolute atomic E-state index is 0.171. The van der Waals surface area contributed by atoms with E-state index in [1.807, 2.05) is 30.3 Å².